The molecule has 0 unspecified atom stereocenters. The smallest absolute Gasteiger partial charge is 0.411 e. The zero-order valence-corrected chi connectivity index (χ0v) is 53.1. The molecule has 1 amide bonds. The molecule has 10 rings (SSSR count). The van der Waals surface area contributed by atoms with Crippen LogP contribution in [0.1, 0.15) is 158 Å². The Bertz CT molecular complexity index is 2680. The van der Waals surface area contributed by atoms with Crippen LogP contribution in [0.2, 0.25) is 0 Å². The molecule has 0 heterocycles. The first-order valence-electron chi connectivity index (χ1n) is 30.7. The predicted molar refractivity (Wildman–Crippen MR) is 335 cm³/mol. The van der Waals surface area contributed by atoms with Crippen molar-refractivity contribution in [3.8, 4) is 0 Å². The van der Waals surface area contributed by atoms with E-state index in [0.29, 0.717) is 64.4 Å². The number of nitrogens with zero attached hydrogens (tertiary/aromatic N) is 4. The van der Waals surface area contributed by atoms with Crippen molar-refractivity contribution in [3.63, 3.8) is 0 Å². The van der Waals surface area contributed by atoms with Crippen molar-refractivity contribution in [3.05, 3.63) is 83.0 Å². The van der Waals surface area contributed by atoms with Gasteiger partial charge >= 0.3 is 6.09 Å². The molecule has 8 aliphatic rings. The SMILES string of the molecule is C/C(=N/N(C)C)[C@@]1(O)CC[C@H]2[C@@H]3C[C@H](C)C4=C/C(=N/OCCO)CC[C@]4(C)[C@H]3CC[C@@]21C.CC(=O)[C@@]1(O)CC[C@H]2[C@@H]3C[C@H](C)C4=C/C(=N/OCCOC(=O)Nc5ccc(C)cc5)CC[C@]4(C)[C@H]3CC[C@@]21C.Cc1ccc(N)cc1.[2H]CI. The normalized spacial score (nSPS) is 37.3. The highest BCUT2D eigenvalue weighted by Crippen LogP contribution is 2.70. The molecule has 0 bridgehead atoms. The molecule has 0 aliphatic heterocycles. The number of oxime groups is 2. The molecule has 0 spiro atoms. The van der Waals surface area contributed by atoms with Crippen LogP contribution in [-0.2, 0) is 19.2 Å². The minimum Gasteiger partial charge on any atom is -0.446 e. The molecule has 8 aliphatic carbocycles. The summed E-state index contributed by atoms with van der Waals surface area (Å²) in [4.78, 5) is 35.8. The third kappa shape index (κ3) is 12.9. The number of carbonyl (C=O) groups is 2. The standard InChI is InChI=1S/C32H44N2O5.C26H43N3O3.C7H9N.CH3I/c1-20-6-8-23(9-7-20)33-29(36)38-16-17-39-34-24-10-13-30(4)26-11-14-31(5)27(12-15-32(31,37)22(3)35)25(26)18-21(2)28(30)19-24;1-17-15-20-21(24(3)10-7-19(16-23(17)24)28-32-14-13-30)8-11-25(4)22(20)9-12-26(25,31)18(2)27-29(5)6;1-6-2-4-7(8)5-3-6;1-2/h6-9,19,21,25-27,37H,10-18H2,1-5H3,(H,33,36);16-17,20-22,30-31H,7-15H2,1-6H3;2-5H,8H2,1H3;1H3/b34-24+;27-18-,28-19+;;/t21-,25+,26-,27-,30+,31-,32-;17-,20+,21-,22-,24+,25-,26-;;/m00../s1/i;;;1D. The van der Waals surface area contributed by atoms with Gasteiger partial charge in [0.25, 0.3) is 0 Å². The molecule has 6 saturated carbocycles. The van der Waals surface area contributed by atoms with Gasteiger partial charge in [-0.15, -0.1) is 0 Å². The second-order valence-electron chi connectivity index (χ2n) is 26.5. The first-order valence-corrected chi connectivity index (χ1v) is 31.6. The van der Waals surface area contributed by atoms with Gasteiger partial charge in [0.2, 0.25) is 0 Å². The molecule has 0 radical (unpaired) electrons. The van der Waals surface area contributed by atoms with E-state index in [0.717, 1.165) is 99.0 Å². The maximum absolute atomic E-state index is 12.5. The number of ketones is 1. The van der Waals surface area contributed by atoms with Gasteiger partial charge in [0.15, 0.2) is 12.4 Å². The van der Waals surface area contributed by atoms with Gasteiger partial charge in [0.05, 0.1) is 23.7 Å². The summed E-state index contributed by atoms with van der Waals surface area (Å²) >= 11 is 1.96. The number of rotatable bonds is 11. The van der Waals surface area contributed by atoms with E-state index in [1.54, 1.807) is 12.5 Å². The van der Waals surface area contributed by atoms with Gasteiger partial charge in [-0.2, -0.15) is 5.10 Å². The van der Waals surface area contributed by atoms with E-state index in [9.17, 15) is 19.8 Å². The molecule has 6 N–H and O–H groups in total. The lowest BCUT2D eigenvalue weighted by Gasteiger charge is -2.60. The number of anilines is 2. The fraction of sp³-hybridized carbons (Fsp3) is 0.682. The summed E-state index contributed by atoms with van der Waals surface area (Å²) in [6, 6.07) is 15.3. The summed E-state index contributed by atoms with van der Waals surface area (Å²) in [5.74, 6) is 4.23. The maximum Gasteiger partial charge on any atom is 0.411 e. The highest BCUT2D eigenvalue weighted by atomic mass is 127. The number of halogens is 1. The Morgan fingerprint density at radius 3 is 1.60 bits per heavy atom. The van der Waals surface area contributed by atoms with Crippen LogP contribution < -0.4 is 11.1 Å². The van der Waals surface area contributed by atoms with E-state index >= 15 is 0 Å². The number of allylic oxidation sites excluding steroid dienone is 4. The quantitative estimate of drug-likeness (QED) is 0.0360. The third-order valence-corrected chi connectivity index (χ3v) is 21.8. The maximum atomic E-state index is 12.5. The fourth-order valence-electron chi connectivity index (χ4n) is 17.5. The Morgan fingerprint density at radius 2 is 1.15 bits per heavy atom. The van der Waals surface area contributed by atoms with Crippen LogP contribution in [0.3, 0.4) is 0 Å². The van der Waals surface area contributed by atoms with Crippen molar-refractivity contribution in [1.82, 2.24) is 5.01 Å². The predicted octanol–water partition coefficient (Wildman–Crippen LogP) is 13.3. The summed E-state index contributed by atoms with van der Waals surface area (Å²) in [5, 5.41) is 50.2. The third-order valence-electron chi connectivity index (χ3n) is 21.8. The Morgan fingerprint density at radius 1 is 0.704 bits per heavy atom. The van der Waals surface area contributed by atoms with Crippen LogP contribution in [0, 0.1) is 82.9 Å². The van der Waals surface area contributed by atoms with Gasteiger partial charge in [0.1, 0.15) is 24.4 Å². The lowest BCUT2D eigenvalue weighted by atomic mass is 9.44. The van der Waals surface area contributed by atoms with Gasteiger partial charge in [-0.1, -0.05) is 121 Å². The van der Waals surface area contributed by atoms with Crippen LogP contribution in [0.25, 0.3) is 0 Å². The number of hydrogen-bond acceptors (Lipinski definition) is 13. The monoisotopic (exact) mass is 1230 g/mol. The second kappa shape index (κ2) is 26.3. The highest BCUT2D eigenvalue weighted by Gasteiger charge is 2.67. The van der Waals surface area contributed by atoms with Gasteiger partial charge < -0.3 is 40.5 Å². The largest absolute Gasteiger partial charge is 0.446 e. The van der Waals surface area contributed by atoms with Gasteiger partial charge in [-0.25, -0.2) is 4.79 Å². The van der Waals surface area contributed by atoms with Crippen molar-refractivity contribution >= 4 is 63.0 Å². The molecule has 448 valence electrons. The van der Waals surface area contributed by atoms with E-state index in [-0.39, 0.29) is 53.9 Å². The van der Waals surface area contributed by atoms with Crippen LogP contribution in [0.15, 0.2) is 87.2 Å². The van der Waals surface area contributed by atoms with Crippen molar-refractivity contribution in [2.24, 2.45) is 84.4 Å². The highest BCUT2D eigenvalue weighted by molar-refractivity contribution is 14.1. The molecule has 6 fully saturated rings. The number of aryl methyl sites for hydroxylation is 2. The Hall–Kier alpha value is -4.32. The second-order valence-corrected chi connectivity index (χ2v) is 26.5. The first-order chi connectivity index (χ1) is 38.7. The molecule has 0 saturated heterocycles. The minimum absolute atomic E-state index is 0.00352. The van der Waals surface area contributed by atoms with Crippen LogP contribution in [0.4, 0.5) is 16.2 Å². The number of benzene rings is 2. The number of amides is 1. The van der Waals surface area contributed by atoms with Gasteiger partial charge in [0, 0.05) is 37.7 Å². The van der Waals surface area contributed by atoms with Crippen LogP contribution in [0.5, 0.6) is 0 Å². The molecule has 2 aromatic carbocycles. The zero-order valence-electron chi connectivity index (χ0n) is 52.0. The number of hydrazone groups is 1. The van der Waals surface area contributed by atoms with Crippen molar-refractivity contribution < 1.29 is 40.7 Å². The minimum atomic E-state index is -1.17. The Kier molecular flexibility index (Phi) is 20.4. The number of Topliss-reactive ketones (excluding diaryl/α,β-unsaturated/α-hetero) is 1. The summed E-state index contributed by atoms with van der Waals surface area (Å²) in [7, 11) is 3.87. The van der Waals surface area contributed by atoms with E-state index < -0.39 is 17.3 Å². The van der Waals surface area contributed by atoms with Gasteiger partial charge in [-0.3, -0.25) is 10.1 Å². The van der Waals surface area contributed by atoms with E-state index in [1.165, 1.54) is 24.0 Å². The summed E-state index contributed by atoms with van der Waals surface area (Å²) < 4.78 is 11.4. The van der Waals surface area contributed by atoms with Crippen molar-refractivity contribution in [2.75, 3.05) is 56.5 Å². The number of fused-ring (bicyclic) bond motifs is 10. The average Bonchev–Trinajstić information content (AvgIpc) is 1.55. The van der Waals surface area contributed by atoms with Crippen molar-refractivity contribution in [2.45, 2.75) is 170 Å². The molecule has 14 atom stereocenters. The van der Waals surface area contributed by atoms with Crippen LogP contribution >= 0.6 is 22.6 Å². The Labute approximate surface area is 500 Å². The number of hydrogen-bond donors (Lipinski definition) is 5. The van der Waals surface area contributed by atoms with Crippen molar-refractivity contribution in [1.29, 1.82) is 0 Å². The van der Waals surface area contributed by atoms with E-state index in [2.05, 4.69) is 74.4 Å². The number of ether oxygens (including phenoxy) is 1. The summed E-state index contributed by atoms with van der Waals surface area (Å²) in [6.07, 6.45) is 17.9. The Balaban J connectivity index is 0.000000202. The number of aliphatic hydroxyl groups excluding tert-OH is 1. The lowest BCUT2D eigenvalue weighted by Crippen LogP contribution is -2.58. The van der Waals surface area contributed by atoms with E-state index in [1.807, 2.05) is 111 Å². The number of nitrogens with two attached hydrogens (primary N) is 1. The summed E-state index contributed by atoms with van der Waals surface area (Å²) in [5.41, 5.74) is 13.1. The van der Waals surface area contributed by atoms with Gasteiger partial charge in [-0.05, 0) is 217 Å². The number of aliphatic hydroxyl groups is 3. The average molecular weight is 1230 g/mol. The molecular formula is C66H99IN6O8. The lowest BCUT2D eigenvalue weighted by molar-refractivity contribution is -0.160. The topological polar surface area (TPSA) is 201 Å². The molecule has 0 aromatic heterocycles. The molecule has 81 heavy (non-hydrogen) atoms. The summed E-state index contributed by atoms with van der Waals surface area (Å²) in [6.45, 7) is 22.3. The first kappa shape index (κ1) is 62.7. The number of alkyl halides is 1. The molecule has 14 nitrogen and oxygen atoms in total. The zero-order chi connectivity index (χ0) is 60.0. The number of carbonyl (C=O) groups excluding carboxylic acids is 2. The fourth-order valence-corrected chi connectivity index (χ4v) is 17.5. The molecular weight excluding hydrogens is 1130 g/mol. The van der Waals surface area contributed by atoms with E-state index in [4.69, 9.17) is 26.6 Å². The molecule has 2 aromatic rings. The molecule has 15 heteroatoms. The van der Waals surface area contributed by atoms with Crippen LogP contribution in [-0.4, -0.2) is 106 Å². The number of nitrogen functional groups attached to an aromatic ring is 1. The number of nitrogens with one attached hydrogen (secondary N) is 1.